The summed E-state index contributed by atoms with van der Waals surface area (Å²) in [5, 5.41) is 15.8. The quantitative estimate of drug-likeness (QED) is 0.420. The number of hydrogen-bond acceptors (Lipinski definition) is 5. The van der Waals surface area contributed by atoms with Crippen molar-refractivity contribution >= 4 is 0 Å². The largest absolute Gasteiger partial charge is 0.313 e. The molecule has 0 aliphatic carbocycles. The second-order valence-electron chi connectivity index (χ2n) is 4.71. The zero-order chi connectivity index (χ0) is 11.0. The van der Waals surface area contributed by atoms with Gasteiger partial charge in [-0.1, -0.05) is 11.6 Å². The average Bonchev–Trinajstić information content (AvgIpc) is 2.90. The monoisotopic (exact) mass is 219 g/mol. The molecule has 0 spiro atoms. The van der Waals surface area contributed by atoms with Crippen molar-refractivity contribution in [3.05, 3.63) is 11.6 Å². The molecule has 5 heteroatoms. The molecule has 16 heavy (non-hydrogen) atoms. The summed E-state index contributed by atoms with van der Waals surface area (Å²) in [6.07, 6.45) is 3.48. The second-order valence-corrected chi connectivity index (χ2v) is 4.71. The van der Waals surface area contributed by atoms with Gasteiger partial charge >= 0.3 is 0 Å². The first-order valence-corrected chi connectivity index (χ1v) is 5.94. The lowest BCUT2D eigenvalue weighted by molar-refractivity contribution is 0.455. The van der Waals surface area contributed by atoms with E-state index in [0.29, 0.717) is 12.0 Å². The maximum Gasteiger partial charge on any atom is 0.125 e. The fraction of sp³-hybridized carbons (Fsp3) is 0.727. The summed E-state index contributed by atoms with van der Waals surface area (Å²) in [7, 11) is 0. The van der Waals surface area contributed by atoms with Crippen LogP contribution in [0.2, 0.25) is 0 Å². The van der Waals surface area contributed by atoms with Crippen molar-refractivity contribution in [2.24, 2.45) is 5.92 Å². The third-order valence-electron chi connectivity index (χ3n) is 3.83. The summed E-state index contributed by atoms with van der Waals surface area (Å²) in [6, 6.07) is 2.79. The lowest BCUT2D eigenvalue weighted by atomic mass is 9.89. The average molecular weight is 219 g/mol. The van der Waals surface area contributed by atoms with E-state index in [0.717, 1.165) is 26.1 Å². The molecule has 0 aromatic carbocycles. The molecule has 0 saturated carbocycles. The summed E-state index contributed by atoms with van der Waals surface area (Å²) < 4.78 is 0. The standard InChI is InChI=1S/C11H17N5/c12-4-9-11-10(16-15-9)8(6-14-11)7-2-1-3-13-5-7/h2,8-11,13-16H,1,3,5-6H2. The summed E-state index contributed by atoms with van der Waals surface area (Å²) in [5.74, 6) is 0.517. The molecule has 0 radical (unpaired) electrons. The minimum Gasteiger partial charge on any atom is -0.313 e. The van der Waals surface area contributed by atoms with E-state index in [1.54, 1.807) is 0 Å². The van der Waals surface area contributed by atoms with Gasteiger partial charge in [0.2, 0.25) is 0 Å². The Kier molecular flexibility index (Phi) is 2.65. The molecule has 3 heterocycles. The van der Waals surface area contributed by atoms with Gasteiger partial charge in [0, 0.05) is 25.0 Å². The fourth-order valence-electron chi connectivity index (χ4n) is 2.98. The van der Waals surface area contributed by atoms with Gasteiger partial charge in [-0.3, -0.25) is 5.43 Å². The first-order chi connectivity index (χ1) is 7.90. The molecule has 2 saturated heterocycles. The SMILES string of the molecule is N#CC1NNC2C(C3=CCCNC3)CNC12. The Morgan fingerprint density at radius 3 is 3.00 bits per heavy atom. The maximum absolute atomic E-state index is 8.99. The Labute approximate surface area is 95.2 Å². The van der Waals surface area contributed by atoms with E-state index < -0.39 is 0 Å². The number of nitrogens with zero attached hydrogens (tertiary/aromatic N) is 1. The number of hydrogen-bond donors (Lipinski definition) is 4. The highest BCUT2D eigenvalue weighted by Gasteiger charge is 2.45. The first-order valence-electron chi connectivity index (χ1n) is 5.94. The van der Waals surface area contributed by atoms with E-state index >= 15 is 0 Å². The molecule has 4 N–H and O–H groups in total. The van der Waals surface area contributed by atoms with Crippen LogP contribution in [0, 0.1) is 17.2 Å². The number of fused-ring (bicyclic) bond motifs is 1. The predicted molar refractivity (Wildman–Crippen MR) is 60.3 cm³/mol. The third kappa shape index (κ3) is 1.55. The number of hydrazine groups is 1. The van der Waals surface area contributed by atoms with Gasteiger partial charge < -0.3 is 10.6 Å². The van der Waals surface area contributed by atoms with Crippen LogP contribution in [0.1, 0.15) is 6.42 Å². The van der Waals surface area contributed by atoms with Gasteiger partial charge in [-0.2, -0.15) is 5.26 Å². The van der Waals surface area contributed by atoms with Crippen molar-refractivity contribution in [1.29, 1.82) is 5.26 Å². The zero-order valence-corrected chi connectivity index (χ0v) is 9.16. The van der Waals surface area contributed by atoms with Crippen molar-refractivity contribution in [2.45, 2.75) is 24.5 Å². The van der Waals surface area contributed by atoms with E-state index in [2.05, 4.69) is 33.6 Å². The van der Waals surface area contributed by atoms with Gasteiger partial charge in [0.05, 0.1) is 12.1 Å². The summed E-state index contributed by atoms with van der Waals surface area (Å²) in [5.41, 5.74) is 7.80. The van der Waals surface area contributed by atoms with Gasteiger partial charge in [0.25, 0.3) is 0 Å². The molecule has 86 valence electrons. The lowest BCUT2D eigenvalue weighted by Crippen LogP contribution is -2.40. The van der Waals surface area contributed by atoms with Crippen LogP contribution < -0.4 is 21.5 Å². The number of rotatable bonds is 1. The van der Waals surface area contributed by atoms with Crippen LogP contribution in [0.3, 0.4) is 0 Å². The summed E-state index contributed by atoms with van der Waals surface area (Å²) in [6.45, 7) is 3.06. The van der Waals surface area contributed by atoms with Crippen LogP contribution in [0.5, 0.6) is 0 Å². The van der Waals surface area contributed by atoms with Crippen LogP contribution in [0.25, 0.3) is 0 Å². The van der Waals surface area contributed by atoms with Gasteiger partial charge in [-0.05, 0) is 13.0 Å². The molecule has 3 aliphatic rings. The number of nitrogens with one attached hydrogen (secondary N) is 4. The van der Waals surface area contributed by atoms with Crippen LogP contribution in [0.4, 0.5) is 0 Å². The highest BCUT2D eigenvalue weighted by atomic mass is 15.5. The Balaban J connectivity index is 1.75. The Bertz CT molecular complexity index is 345. The Hall–Kier alpha value is -0.930. The second kappa shape index (κ2) is 4.15. The molecule has 4 atom stereocenters. The number of nitriles is 1. The van der Waals surface area contributed by atoms with Crippen molar-refractivity contribution in [1.82, 2.24) is 21.5 Å². The topological polar surface area (TPSA) is 71.9 Å². The molecular formula is C11H17N5. The highest BCUT2D eigenvalue weighted by Crippen LogP contribution is 2.27. The van der Waals surface area contributed by atoms with Gasteiger partial charge in [0.1, 0.15) is 6.04 Å². The smallest absolute Gasteiger partial charge is 0.125 e. The molecule has 5 nitrogen and oxygen atoms in total. The molecular weight excluding hydrogens is 202 g/mol. The molecule has 0 aromatic heterocycles. The van der Waals surface area contributed by atoms with Gasteiger partial charge in [-0.25, -0.2) is 5.43 Å². The summed E-state index contributed by atoms with van der Waals surface area (Å²) in [4.78, 5) is 0. The molecule has 3 aliphatic heterocycles. The Morgan fingerprint density at radius 2 is 2.25 bits per heavy atom. The highest BCUT2D eigenvalue weighted by molar-refractivity contribution is 5.23. The predicted octanol–water partition coefficient (Wildman–Crippen LogP) is -1.14. The first kappa shape index (κ1) is 10.2. The molecule has 0 amide bonds. The molecule has 0 aromatic rings. The fourth-order valence-corrected chi connectivity index (χ4v) is 2.98. The van der Waals surface area contributed by atoms with E-state index in [1.165, 1.54) is 5.57 Å². The normalized spacial score (nSPS) is 42.6. The zero-order valence-electron chi connectivity index (χ0n) is 9.16. The van der Waals surface area contributed by atoms with Crippen molar-refractivity contribution in [3.8, 4) is 6.07 Å². The van der Waals surface area contributed by atoms with Crippen molar-refractivity contribution in [3.63, 3.8) is 0 Å². The van der Waals surface area contributed by atoms with E-state index in [-0.39, 0.29) is 12.1 Å². The van der Waals surface area contributed by atoms with E-state index in [4.69, 9.17) is 5.26 Å². The van der Waals surface area contributed by atoms with Crippen LogP contribution in [-0.4, -0.2) is 37.8 Å². The Morgan fingerprint density at radius 1 is 1.31 bits per heavy atom. The third-order valence-corrected chi connectivity index (χ3v) is 3.83. The minimum absolute atomic E-state index is 0.104. The molecule has 2 fully saturated rings. The summed E-state index contributed by atoms with van der Waals surface area (Å²) >= 11 is 0. The van der Waals surface area contributed by atoms with Crippen LogP contribution >= 0.6 is 0 Å². The van der Waals surface area contributed by atoms with Crippen LogP contribution in [0.15, 0.2) is 11.6 Å². The minimum atomic E-state index is -0.104. The van der Waals surface area contributed by atoms with Crippen molar-refractivity contribution < 1.29 is 0 Å². The maximum atomic E-state index is 8.99. The van der Waals surface area contributed by atoms with Gasteiger partial charge in [0.15, 0.2) is 0 Å². The molecule has 0 bridgehead atoms. The van der Waals surface area contributed by atoms with Gasteiger partial charge in [-0.15, -0.1) is 0 Å². The van der Waals surface area contributed by atoms with Crippen molar-refractivity contribution in [2.75, 3.05) is 19.6 Å². The van der Waals surface area contributed by atoms with E-state index in [9.17, 15) is 0 Å². The molecule has 4 unspecified atom stereocenters. The molecule has 3 rings (SSSR count). The lowest BCUT2D eigenvalue weighted by Gasteiger charge is -2.23. The van der Waals surface area contributed by atoms with Crippen LogP contribution in [-0.2, 0) is 0 Å². The van der Waals surface area contributed by atoms with E-state index in [1.807, 2.05) is 0 Å².